The van der Waals surface area contributed by atoms with Crippen LogP contribution in [0.2, 0.25) is 0 Å². The number of benzene rings is 1. The first-order chi connectivity index (χ1) is 12.5. The third kappa shape index (κ3) is 4.77. The molecule has 2 aliphatic rings. The number of anilines is 1. The molecule has 0 aliphatic carbocycles. The van der Waals surface area contributed by atoms with Gasteiger partial charge in [-0.25, -0.2) is 0 Å². The van der Waals surface area contributed by atoms with Crippen LogP contribution >= 0.6 is 0 Å². The first-order valence-corrected chi connectivity index (χ1v) is 10.0. The van der Waals surface area contributed by atoms with Gasteiger partial charge in [-0.1, -0.05) is 6.92 Å². The van der Waals surface area contributed by atoms with Crippen molar-refractivity contribution >= 4 is 11.6 Å². The number of piperidine rings is 1. The van der Waals surface area contributed by atoms with Crippen LogP contribution in [0.3, 0.4) is 0 Å². The topological polar surface area (TPSA) is 47.6 Å². The van der Waals surface area contributed by atoms with Gasteiger partial charge in [-0.15, -0.1) is 0 Å². The number of nitrogens with one attached hydrogen (secondary N) is 2. The maximum absolute atomic E-state index is 12.5. The molecule has 2 aliphatic heterocycles. The average molecular weight is 359 g/mol. The minimum absolute atomic E-state index is 0.0425. The molecular weight excluding hydrogens is 324 g/mol. The van der Waals surface area contributed by atoms with Gasteiger partial charge in [0.1, 0.15) is 0 Å². The summed E-state index contributed by atoms with van der Waals surface area (Å²) < 4.78 is 0. The van der Waals surface area contributed by atoms with Gasteiger partial charge in [0.2, 0.25) is 0 Å². The van der Waals surface area contributed by atoms with Gasteiger partial charge >= 0.3 is 0 Å². The van der Waals surface area contributed by atoms with Crippen molar-refractivity contribution in [3.05, 3.63) is 29.8 Å². The number of piperazine rings is 1. The molecule has 5 nitrogen and oxygen atoms in total. The molecule has 3 rings (SSSR count). The lowest BCUT2D eigenvalue weighted by molar-refractivity contribution is 0.0922. The van der Waals surface area contributed by atoms with Crippen molar-refractivity contribution in [2.45, 2.75) is 39.7 Å². The molecule has 26 heavy (non-hydrogen) atoms. The van der Waals surface area contributed by atoms with Gasteiger partial charge in [0.05, 0.1) is 0 Å². The number of nitrogens with zero attached hydrogens (tertiary/aromatic N) is 2. The predicted molar refractivity (Wildman–Crippen MR) is 108 cm³/mol. The summed E-state index contributed by atoms with van der Waals surface area (Å²) in [6.07, 6.45) is 2.24. The zero-order chi connectivity index (χ0) is 18.6. The second-order valence-corrected chi connectivity index (χ2v) is 8.41. The van der Waals surface area contributed by atoms with E-state index in [4.69, 9.17) is 0 Å². The highest BCUT2D eigenvalue weighted by Crippen LogP contribution is 2.27. The fourth-order valence-electron chi connectivity index (χ4n) is 3.92. The van der Waals surface area contributed by atoms with Crippen LogP contribution in [-0.2, 0) is 0 Å². The summed E-state index contributed by atoms with van der Waals surface area (Å²) >= 11 is 0. The minimum atomic E-state index is 0.0425. The smallest absolute Gasteiger partial charge is 0.251 e. The summed E-state index contributed by atoms with van der Waals surface area (Å²) in [5, 5.41) is 6.52. The molecule has 0 spiro atoms. The highest BCUT2D eigenvalue weighted by atomic mass is 16.1. The molecule has 0 saturated carbocycles. The number of hydrogen-bond donors (Lipinski definition) is 2. The van der Waals surface area contributed by atoms with E-state index in [9.17, 15) is 4.79 Å². The first kappa shape index (κ1) is 19.2. The molecule has 2 fully saturated rings. The summed E-state index contributed by atoms with van der Waals surface area (Å²) in [7, 11) is 0. The summed E-state index contributed by atoms with van der Waals surface area (Å²) in [5.41, 5.74) is 2.19. The second-order valence-electron chi connectivity index (χ2n) is 8.41. The Morgan fingerprint density at radius 3 is 2.31 bits per heavy atom. The van der Waals surface area contributed by atoms with Gasteiger partial charge < -0.3 is 15.5 Å². The fourth-order valence-corrected chi connectivity index (χ4v) is 3.92. The summed E-state index contributed by atoms with van der Waals surface area (Å²) in [4.78, 5) is 17.4. The Balaban J connectivity index is 1.51. The van der Waals surface area contributed by atoms with Gasteiger partial charge in [0.25, 0.3) is 5.91 Å². The minimum Gasteiger partial charge on any atom is -0.369 e. The average Bonchev–Trinajstić information content (AvgIpc) is 2.67. The highest BCUT2D eigenvalue weighted by Gasteiger charge is 2.27. The Morgan fingerprint density at radius 2 is 1.73 bits per heavy atom. The van der Waals surface area contributed by atoms with E-state index in [1.165, 1.54) is 5.69 Å². The molecule has 1 aromatic carbocycles. The van der Waals surface area contributed by atoms with E-state index in [0.29, 0.717) is 6.04 Å². The van der Waals surface area contributed by atoms with E-state index in [-0.39, 0.29) is 11.3 Å². The zero-order valence-corrected chi connectivity index (χ0v) is 16.6. The van der Waals surface area contributed by atoms with E-state index in [0.717, 1.165) is 64.2 Å². The zero-order valence-electron chi connectivity index (χ0n) is 16.6. The van der Waals surface area contributed by atoms with Crippen molar-refractivity contribution in [3.63, 3.8) is 0 Å². The molecule has 0 bridgehead atoms. The van der Waals surface area contributed by atoms with Crippen LogP contribution in [0.25, 0.3) is 0 Å². The second kappa shape index (κ2) is 8.40. The molecule has 0 unspecified atom stereocenters. The lowest BCUT2D eigenvalue weighted by Gasteiger charge is -2.38. The van der Waals surface area contributed by atoms with E-state index in [1.54, 1.807) is 0 Å². The van der Waals surface area contributed by atoms with E-state index in [1.807, 2.05) is 12.1 Å². The Morgan fingerprint density at radius 1 is 1.12 bits per heavy atom. The highest BCUT2D eigenvalue weighted by molar-refractivity contribution is 5.94. The Kier molecular flexibility index (Phi) is 6.20. The lowest BCUT2D eigenvalue weighted by atomic mass is 9.81. The molecule has 0 aromatic heterocycles. The van der Waals surface area contributed by atoms with Gasteiger partial charge in [-0.3, -0.25) is 9.69 Å². The molecule has 0 atom stereocenters. The fraction of sp³-hybridized carbons (Fsp3) is 0.667. The molecule has 0 radical (unpaired) electrons. The van der Waals surface area contributed by atoms with Crippen LogP contribution in [0.15, 0.2) is 24.3 Å². The SMILES string of the molecule is CC(C)N1CCN(c2ccc(C(=O)NCC3(C)CCNCC3)cc2)CC1. The van der Waals surface area contributed by atoms with Crippen LogP contribution in [0, 0.1) is 5.41 Å². The van der Waals surface area contributed by atoms with Gasteiger partial charge in [-0.05, 0) is 69.5 Å². The molecule has 5 heteroatoms. The molecule has 2 saturated heterocycles. The van der Waals surface area contributed by atoms with Crippen molar-refractivity contribution < 1.29 is 4.79 Å². The summed E-state index contributed by atoms with van der Waals surface area (Å²) in [6.45, 7) is 13.9. The number of amides is 1. The molecule has 2 N–H and O–H groups in total. The maximum Gasteiger partial charge on any atom is 0.251 e. The summed E-state index contributed by atoms with van der Waals surface area (Å²) in [5.74, 6) is 0.0425. The largest absolute Gasteiger partial charge is 0.369 e. The number of carbonyl (C=O) groups is 1. The Bertz CT molecular complexity index is 585. The van der Waals surface area contributed by atoms with Crippen LogP contribution in [0.1, 0.15) is 44.0 Å². The third-order valence-electron chi connectivity index (χ3n) is 6.03. The molecular formula is C21H34N4O. The molecule has 1 amide bonds. The number of rotatable bonds is 5. The van der Waals surface area contributed by atoms with Crippen molar-refractivity contribution in [1.29, 1.82) is 0 Å². The Labute approximate surface area is 158 Å². The lowest BCUT2D eigenvalue weighted by Crippen LogP contribution is -2.48. The number of hydrogen-bond acceptors (Lipinski definition) is 4. The van der Waals surface area contributed by atoms with E-state index in [2.05, 4.69) is 53.3 Å². The third-order valence-corrected chi connectivity index (χ3v) is 6.03. The maximum atomic E-state index is 12.5. The van der Waals surface area contributed by atoms with Crippen molar-refractivity contribution in [2.75, 3.05) is 50.7 Å². The van der Waals surface area contributed by atoms with Crippen LogP contribution in [0.5, 0.6) is 0 Å². The predicted octanol–water partition coefficient (Wildman–Crippen LogP) is 2.34. The van der Waals surface area contributed by atoms with Crippen LogP contribution < -0.4 is 15.5 Å². The standard InChI is InChI=1S/C21H34N4O/c1-17(2)24-12-14-25(15-13-24)19-6-4-18(5-7-19)20(26)23-16-21(3)8-10-22-11-9-21/h4-7,17,22H,8-16H2,1-3H3,(H,23,26). The van der Waals surface area contributed by atoms with Crippen LogP contribution in [0.4, 0.5) is 5.69 Å². The van der Waals surface area contributed by atoms with Gasteiger partial charge in [0, 0.05) is 50.0 Å². The van der Waals surface area contributed by atoms with E-state index >= 15 is 0 Å². The van der Waals surface area contributed by atoms with Crippen LogP contribution in [-0.4, -0.2) is 62.7 Å². The molecule has 144 valence electrons. The quantitative estimate of drug-likeness (QED) is 0.848. The monoisotopic (exact) mass is 358 g/mol. The summed E-state index contributed by atoms with van der Waals surface area (Å²) in [6, 6.07) is 8.72. The van der Waals surface area contributed by atoms with Crippen molar-refractivity contribution in [3.8, 4) is 0 Å². The van der Waals surface area contributed by atoms with E-state index < -0.39 is 0 Å². The number of carbonyl (C=O) groups excluding carboxylic acids is 1. The van der Waals surface area contributed by atoms with Crippen molar-refractivity contribution in [2.24, 2.45) is 5.41 Å². The molecule has 2 heterocycles. The van der Waals surface area contributed by atoms with Crippen molar-refractivity contribution in [1.82, 2.24) is 15.5 Å². The first-order valence-electron chi connectivity index (χ1n) is 10.0. The normalized spacial score (nSPS) is 21.0. The van der Waals surface area contributed by atoms with Gasteiger partial charge in [0.15, 0.2) is 0 Å². The molecule has 1 aromatic rings. The Hall–Kier alpha value is -1.59. The van der Waals surface area contributed by atoms with Gasteiger partial charge in [-0.2, -0.15) is 0 Å².